The minimum Gasteiger partial charge on any atom is -0.325 e. The smallest absolute Gasteiger partial charge is 0.207 e. The average molecular weight is 247 g/mol. The molecule has 0 atom stereocenters. The summed E-state index contributed by atoms with van der Waals surface area (Å²) in [6.07, 6.45) is 5.93. The number of hydrogen-bond donors (Lipinski definition) is 1. The maximum Gasteiger partial charge on any atom is 0.207 e. The highest BCUT2D eigenvalue weighted by molar-refractivity contribution is 5.58. The molecule has 0 saturated carbocycles. The van der Waals surface area contributed by atoms with E-state index in [2.05, 4.69) is 17.2 Å². The third kappa shape index (κ3) is 2.70. The van der Waals surface area contributed by atoms with Crippen LogP contribution in [0.25, 0.3) is 0 Å². The molecule has 4 heteroatoms. The normalized spacial score (nSPS) is 10.6. The van der Waals surface area contributed by atoms with E-state index in [0.717, 1.165) is 31.0 Å². The van der Waals surface area contributed by atoms with Crippen molar-refractivity contribution in [2.24, 2.45) is 0 Å². The Morgan fingerprint density at radius 2 is 2.22 bits per heavy atom. The maximum atomic E-state index is 13.4. The Hall–Kier alpha value is -1.84. The molecule has 0 aliphatic heterocycles. The number of halogens is 1. The minimum atomic E-state index is -0.202. The zero-order valence-corrected chi connectivity index (χ0v) is 10.8. The summed E-state index contributed by atoms with van der Waals surface area (Å²) in [5, 5.41) is 3.18. The largest absolute Gasteiger partial charge is 0.325 e. The molecule has 18 heavy (non-hydrogen) atoms. The third-order valence-corrected chi connectivity index (χ3v) is 2.98. The van der Waals surface area contributed by atoms with Crippen molar-refractivity contribution in [3.05, 3.63) is 42.0 Å². The lowest BCUT2D eigenvalue weighted by atomic mass is 10.2. The zero-order valence-electron chi connectivity index (χ0n) is 10.8. The first kappa shape index (κ1) is 12.6. The molecule has 96 valence electrons. The first-order valence-electron chi connectivity index (χ1n) is 6.25. The van der Waals surface area contributed by atoms with Gasteiger partial charge in [0.15, 0.2) is 0 Å². The van der Waals surface area contributed by atoms with Crippen molar-refractivity contribution in [1.29, 1.82) is 0 Å². The van der Waals surface area contributed by atoms with Crippen LogP contribution < -0.4 is 5.32 Å². The molecule has 0 amide bonds. The molecule has 0 fully saturated rings. The first-order chi connectivity index (χ1) is 8.72. The summed E-state index contributed by atoms with van der Waals surface area (Å²) in [7, 11) is 0. The summed E-state index contributed by atoms with van der Waals surface area (Å²) in [5.41, 5.74) is 1.38. The summed E-state index contributed by atoms with van der Waals surface area (Å²) in [6, 6.07) is 5.02. The Morgan fingerprint density at radius 1 is 1.39 bits per heavy atom. The van der Waals surface area contributed by atoms with Crippen LogP contribution in [0, 0.1) is 12.7 Å². The van der Waals surface area contributed by atoms with Crippen molar-refractivity contribution in [2.75, 3.05) is 5.32 Å². The first-order valence-corrected chi connectivity index (χ1v) is 6.25. The lowest BCUT2D eigenvalue weighted by molar-refractivity contribution is 0.618. The predicted octanol–water partition coefficient (Wildman–Crippen LogP) is 3.87. The number of aromatic nitrogens is 2. The van der Waals surface area contributed by atoms with Gasteiger partial charge in [-0.15, -0.1) is 0 Å². The molecule has 0 unspecified atom stereocenters. The summed E-state index contributed by atoms with van der Waals surface area (Å²) in [4.78, 5) is 4.26. The van der Waals surface area contributed by atoms with E-state index in [9.17, 15) is 4.39 Å². The topological polar surface area (TPSA) is 29.9 Å². The molecule has 1 heterocycles. The second-order valence-electron chi connectivity index (χ2n) is 4.34. The van der Waals surface area contributed by atoms with Crippen LogP contribution in [0.4, 0.5) is 16.0 Å². The zero-order chi connectivity index (χ0) is 13.0. The molecule has 0 bridgehead atoms. The molecule has 0 aliphatic rings. The summed E-state index contributed by atoms with van der Waals surface area (Å²) >= 11 is 0. The Kier molecular flexibility index (Phi) is 3.97. The number of benzene rings is 1. The van der Waals surface area contributed by atoms with Crippen LogP contribution in [-0.4, -0.2) is 9.55 Å². The van der Waals surface area contributed by atoms with Crippen LogP contribution in [0.15, 0.2) is 30.6 Å². The van der Waals surface area contributed by atoms with E-state index < -0.39 is 0 Å². The number of imidazole rings is 1. The molecular formula is C14H18FN3. The molecule has 2 rings (SSSR count). The Balaban J connectivity index is 2.18. The van der Waals surface area contributed by atoms with E-state index in [4.69, 9.17) is 0 Å². The van der Waals surface area contributed by atoms with Gasteiger partial charge in [-0.3, -0.25) is 0 Å². The van der Waals surface area contributed by atoms with Crippen molar-refractivity contribution in [3.8, 4) is 0 Å². The highest BCUT2D eigenvalue weighted by Crippen LogP contribution is 2.21. The van der Waals surface area contributed by atoms with Gasteiger partial charge in [-0.25, -0.2) is 9.37 Å². The molecule has 1 aromatic carbocycles. The van der Waals surface area contributed by atoms with Gasteiger partial charge in [-0.1, -0.05) is 19.4 Å². The quantitative estimate of drug-likeness (QED) is 0.869. The SMILES string of the molecule is CCCCn1ccnc1Nc1cccc(F)c1C. The van der Waals surface area contributed by atoms with Crippen molar-refractivity contribution >= 4 is 11.6 Å². The van der Waals surface area contributed by atoms with Crippen LogP contribution in [0.5, 0.6) is 0 Å². The van der Waals surface area contributed by atoms with Crippen LogP contribution in [0.2, 0.25) is 0 Å². The Labute approximate surface area is 107 Å². The molecule has 0 spiro atoms. The van der Waals surface area contributed by atoms with Gasteiger partial charge in [0.2, 0.25) is 5.95 Å². The fourth-order valence-electron chi connectivity index (χ4n) is 1.81. The molecule has 3 nitrogen and oxygen atoms in total. The van der Waals surface area contributed by atoms with Crippen LogP contribution >= 0.6 is 0 Å². The van der Waals surface area contributed by atoms with E-state index in [-0.39, 0.29) is 5.82 Å². The van der Waals surface area contributed by atoms with Crippen LogP contribution in [0.3, 0.4) is 0 Å². The Morgan fingerprint density at radius 3 is 3.00 bits per heavy atom. The second-order valence-corrected chi connectivity index (χ2v) is 4.34. The van der Waals surface area contributed by atoms with Gasteiger partial charge in [-0.05, 0) is 25.5 Å². The van der Waals surface area contributed by atoms with Gasteiger partial charge in [-0.2, -0.15) is 0 Å². The molecule has 0 saturated heterocycles. The molecule has 1 aromatic heterocycles. The van der Waals surface area contributed by atoms with Gasteiger partial charge in [0.05, 0.1) is 0 Å². The van der Waals surface area contributed by atoms with Crippen molar-refractivity contribution in [3.63, 3.8) is 0 Å². The van der Waals surface area contributed by atoms with Gasteiger partial charge >= 0.3 is 0 Å². The van der Waals surface area contributed by atoms with Gasteiger partial charge in [0.1, 0.15) is 5.82 Å². The van der Waals surface area contributed by atoms with Gasteiger partial charge in [0, 0.05) is 30.2 Å². The lowest BCUT2D eigenvalue weighted by Gasteiger charge is -2.11. The maximum absolute atomic E-state index is 13.4. The van der Waals surface area contributed by atoms with Crippen molar-refractivity contribution in [1.82, 2.24) is 9.55 Å². The average Bonchev–Trinajstić information content (AvgIpc) is 2.80. The molecule has 2 aromatic rings. The monoisotopic (exact) mass is 247 g/mol. The summed E-state index contributed by atoms with van der Waals surface area (Å²) < 4.78 is 15.5. The van der Waals surface area contributed by atoms with Gasteiger partial charge in [0.25, 0.3) is 0 Å². The number of anilines is 2. The molecule has 0 radical (unpaired) electrons. The second kappa shape index (κ2) is 5.67. The summed E-state index contributed by atoms with van der Waals surface area (Å²) in [6.45, 7) is 4.84. The van der Waals surface area contributed by atoms with E-state index in [1.54, 1.807) is 19.2 Å². The van der Waals surface area contributed by atoms with E-state index >= 15 is 0 Å². The van der Waals surface area contributed by atoms with Crippen molar-refractivity contribution < 1.29 is 4.39 Å². The predicted molar refractivity (Wildman–Crippen MR) is 71.6 cm³/mol. The van der Waals surface area contributed by atoms with Crippen LogP contribution in [0.1, 0.15) is 25.3 Å². The van der Waals surface area contributed by atoms with E-state index in [0.29, 0.717) is 5.56 Å². The van der Waals surface area contributed by atoms with Gasteiger partial charge < -0.3 is 9.88 Å². The number of nitrogens with one attached hydrogen (secondary N) is 1. The summed E-state index contributed by atoms with van der Waals surface area (Å²) in [5.74, 6) is 0.559. The highest BCUT2D eigenvalue weighted by Gasteiger charge is 2.07. The Bertz CT molecular complexity index is 520. The third-order valence-electron chi connectivity index (χ3n) is 2.98. The number of aryl methyl sites for hydroxylation is 1. The lowest BCUT2D eigenvalue weighted by Crippen LogP contribution is -2.04. The number of nitrogens with zero attached hydrogens (tertiary/aromatic N) is 2. The standard InChI is InChI=1S/C14H18FN3/c1-3-4-9-18-10-8-16-14(18)17-13-7-5-6-12(15)11(13)2/h5-8,10H,3-4,9H2,1-2H3,(H,16,17). The van der Waals surface area contributed by atoms with E-state index in [1.165, 1.54) is 6.07 Å². The molecular weight excluding hydrogens is 229 g/mol. The van der Waals surface area contributed by atoms with Crippen molar-refractivity contribution in [2.45, 2.75) is 33.2 Å². The number of rotatable bonds is 5. The fourth-order valence-corrected chi connectivity index (χ4v) is 1.81. The minimum absolute atomic E-state index is 0.202. The fraction of sp³-hybridized carbons (Fsp3) is 0.357. The number of unbranched alkanes of at least 4 members (excludes halogenated alkanes) is 1. The molecule has 1 N–H and O–H groups in total. The number of hydrogen-bond acceptors (Lipinski definition) is 2. The molecule has 0 aliphatic carbocycles. The van der Waals surface area contributed by atoms with Crippen LogP contribution in [-0.2, 0) is 6.54 Å². The van der Waals surface area contributed by atoms with E-state index in [1.807, 2.05) is 16.8 Å². The highest BCUT2D eigenvalue weighted by atomic mass is 19.1.